The van der Waals surface area contributed by atoms with E-state index < -0.39 is 11.7 Å². The van der Waals surface area contributed by atoms with Gasteiger partial charge in [-0.1, -0.05) is 6.07 Å². The number of hydrogen-bond acceptors (Lipinski definition) is 3. The van der Waals surface area contributed by atoms with E-state index in [9.17, 15) is 13.2 Å². The average Bonchev–Trinajstić information content (AvgIpc) is 3.35. The van der Waals surface area contributed by atoms with E-state index in [1.807, 2.05) is 6.07 Å². The van der Waals surface area contributed by atoms with Crippen molar-refractivity contribution in [2.45, 2.75) is 19.1 Å². The molecular weight excluding hydrogens is 369 g/mol. The Kier molecular flexibility index (Phi) is 4.31. The van der Waals surface area contributed by atoms with E-state index in [2.05, 4.69) is 31.0 Å². The standard InChI is InChI=1S/C19H14F3N6/c1-12(8-24-15-4-2-3-14(7-15)19(20,21)22)28-10-13(9-27-28)17-16-5-6-23-18(16)26-11-25-17/h2-7,9-12H,1H3,(H,23,25,26)/q+1. The number of hydrogen-bond donors (Lipinski definition) is 1. The first-order valence-corrected chi connectivity index (χ1v) is 8.38. The minimum Gasteiger partial charge on any atom is -0.346 e. The number of halogens is 3. The van der Waals surface area contributed by atoms with E-state index >= 15 is 0 Å². The van der Waals surface area contributed by atoms with E-state index in [0.717, 1.165) is 34.4 Å². The van der Waals surface area contributed by atoms with Gasteiger partial charge < -0.3 is 4.98 Å². The fraction of sp³-hybridized carbons (Fsp3) is 0.158. The summed E-state index contributed by atoms with van der Waals surface area (Å²) in [5, 5.41) is 5.17. The molecule has 0 fully saturated rings. The van der Waals surface area contributed by atoms with Gasteiger partial charge in [-0.05, 0) is 23.9 Å². The summed E-state index contributed by atoms with van der Waals surface area (Å²) in [6.07, 6.45) is 2.29. The van der Waals surface area contributed by atoms with Gasteiger partial charge in [-0.25, -0.2) is 9.97 Å². The van der Waals surface area contributed by atoms with Crippen LogP contribution in [0.25, 0.3) is 27.1 Å². The number of H-pyrrole nitrogens is 1. The smallest absolute Gasteiger partial charge is 0.346 e. The molecule has 0 bridgehead atoms. The molecule has 3 aromatic heterocycles. The van der Waals surface area contributed by atoms with Gasteiger partial charge >= 0.3 is 17.9 Å². The molecular formula is C19H14F3N6+. The minimum atomic E-state index is -4.41. The van der Waals surface area contributed by atoms with Crippen molar-refractivity contribution in [3.63, 3.8) is 0 Å². The summed E-state index contributed by atoms with van der Waals surface area (Å²) in [6, 6.07) is 9.11. The molecule has 140 valence electrons. The molecule has 28 heavy (non-hydrogen) atoms. The second kappa shape index (κ2) is 6.81. The van der Waals surface area contributed by atoms with Crippen LogP contribution in [0.2, 0.25) is 0 Å². The molecule has 0 spiro atoms. The van der Waals surface area contributed by atoms with Crippen LogP contribution < -0.4 is 0 Å². The number of fused-ring (bicyclic) bond motifs is 1. The highest BCUT2D eigenvalue weighted by Crippen LogP contribution is 2.31. The van der Waals surface area contributed by atoms with Gasteiger partial charge in [0.25, 0.3) is 0 Å². The second-order valence-corrected chi connectivity index (χ2v) is 6.14. The fourth-order valence-corrected chi connectivity index (χ4v) is 2.75. The predicted molar refractivity (Wildman–Crippen MR) is 98.2 cm³/mol. The Labute approximate surface area is 157 Å². The maximum atomic E-state index is 12.8. The minimum absolute atomic E-state index is 0.180. The van der Waals surface area contributed by atoms with Crippen LogP contribution in [-0.4, -0.2) is 24.7 Å². The van der Waals surface area contributed by atoms with Crippen molar-refractivity contribution in [3.8, 4) is 17.3 Å². The van der Waals surface area contributed by atoms with Crippen molar-refractivity contribution < 1.29 is 13.2 Å². The Balaban J connectivity index is 1.59. The number of nitrogens with zero attached hydrogens (tertiary/aromatic N) is 5. The molecule has 0 aliphatic rings. The van der Waals surface area contributed by atoms with Gasteiger partial charge in [0.1, 0.15) is 12.0 Å². The van der Waals surface area contributed by atoms with Crippen molar-refractivity contribution in [2.75, 3.05) is 0 Å². The van der Waals surface area contributed by atoms with Gasteiger partial charge in [0.05, 0.1) is 17.5 Å². The third-order valence-electron chi connectivity index (χ3n) is 4.18. The van der Waals surface area contributed by atoms with Crippen molar-refractivity contribution >= 4 is 16.7 Å². The zero-order chi connectivity index (χ0) is 19.7. The monoisotopic (exact) mass is 383 g/mol. The molecule has 0 aliphatic carbocycles. The average molecular weight is 383 g/mol. The summed E-state index contributed by atoms with van der Waals surface area (Å²) in [5.41, 5.74) is 1.69. The molecule has 4 aromatic rings. The van der Waals surface area contributed by atoms with Gasteiger partial charge in [0.15, 0.2) is 6.04 Å². The summed E-state index contributed by atoms with van der Waals surface area (Å²) < 4.78 is 40.0. The first kappa shape index (κ1) is 17.7. The molecule has 1 unspecified atom stereocenters. The van der Waals surface area contributed by atoms with Gasteiger partial charge in [0, 0.05) is 35.5 Å². The summed E-state index contributed by atoms with van der Waals surface area (Å²) in [7, 11) is 0. The van der Waals surface area contributed by atoms with Gasteiger partial charge in [0.2, 0.25) is 0 Å². The molecule has 3 heterocycles. The van der Waals surface area contributed by atoms with Crippen LogP contribution in [-0.2, 0) is 6.18 Å². The van der Waals surface area contributed by atoms with Crippen LogP contribution in [0.4, 0.5) is 18.9 Å². The molecule has 1 atom stereocenters. The zero-order valence-electron chi connectivity index (χ0n) is 14.6. The van der Waals surface area contributed by atoms with Crippen LogP contribution in [0.5, 0.6) is 0 Å². The van der Waals surface area contributed by atoms with Crippen molar-refractivity contribution in [1.29, 1.82) is 0 Å². The van der Waals surface area contributed by atoms with Crippen molar-refractivity contribution in [2.24, 2.45) is 0 Å². The van der Waals surface area contributed by atoms with E-state index in [-0.39, 0.29) is 11.7 Å². The van der Waals surface area contributed by atoms with E-state index in [0.29, 0.717) is 0 Å². The second-order valence-electron chi connectivity index (χ2n) is 6.14. The molecule has 0 aliphatic heterocycles. The number of rotatable bonds is 2. The normalized spacial score (nSPS) is 12.6. The van der Waals surface area contributed by atoms with Crippen LogP contribution >= 0.6 is 0 Å². The van der Waals surface area contributed by atoms with E-state index in [1.54, 1.807) is 30.2 Å². The Bertz CT molecular complexity index is 1200. The summed E-state index contributed by atoms with van der Waals surface area (Å²) >= 11 is 0. The van der Waals surface area contributed by atoms with Crippen molar-refractivity contribution in [3.05, 3.63) is 65.7 Å². The number of nitrogens with one attached hydrogen (secondary N) is 1. The summed E-state index contributed by atoms with van der Waals surface area (Å²) in [5.74, 6) is 0. The fourth-order valence-electron chi connectivity index (χ4n) is 2.75. The highest BCUT2D eigenvalue weighted by molar-refractivity contribution is 5.89. The highest BCUT2D eigenvalue weighted by atomic mass is 19.4. The maximum absolute atomic E-state index is 12.8. The molecule has 9 heteroatoms. The van der Waals surface area contributed by atoms with Crippen LogP contribution in [0.15, 0.2) is 55.2 Å². The predicted octanol–water partition coefficient (Wildman–Crippen LogP) is 5.07. The largest absolute Gasteiger partial charge is 0.416 e. The Morgan fingerprint density at radius 3 is 2.89 bits per heavy atom. The van der Waals surface area contributed by atoms with Crippen LogP contribution in [0, 0.1) is 6.07 Å². The Hall–Kier alpha value is -3.67. The molecule has 6 nitrogen and oxygen atoms in total. The van der Waals surface area contributed by atoms with Gasteiger partial charge in [-0.2, -0.15) is 18.3 Å². The zero-order valence-corrected chi connectivity index (χ0v) is 14.6. The maximum Gasteiger partial charge on any atom is 0.416 e. The third-order valence-corrected chi connectivity index (χ3v) is 4.18. The third kappa shape index (κ3) is 3.44. The molecule has 0 radical (unpaired) electrons. The lowest BCUT2D eigenvalue weighted by atomic mass is 10.2. The molecule has 0 amide bonds. The first-order chi connectivity index (χ1) is 13.4. The Morgan fingerprint density at radius 1 is 1.21 bits per heavy atom. The van der Waals surface area contributed by atoms with Crippen LogP contribution in [0.1, 0.15) is 18.5 Å². The lowest BCUT2D eigenvalue weighted by Crippen LogP contribution is -2.03. The SMILES string of the molecule is CC(C#[N+]c1cccc(C(F)(F)F)c1)n1cc(-c2ncnc3[nH]ccc23)cn1. The molecule has 1 N–H and O–H groups in total. The number of aromatic nitrogens is 5. The van der Waals surface area contributed by atoms with Crippen LogP contribution in [0.3, 0.4) is 0 Å². The number of benzene rings is 1. The van der Waals surface area contributed by atoms with E-state index in [1.165, 1.54) is 18.5 Å². The van der Waals surface area contributed by atoms with E-state index in [4.69, 9.17) is 0 Å². The highest BCUT2D eigenvalue weighted by Gasteiger charge is 2.31. The van der Waals surface area contributed by atoms with Crippen molar-refractivity contribution in [1.82, 2.24) is 24.7 Å². The van der Waals surface area contributed by atoms with Gasteiger partial charge in [-0.15, -0.1) is 0 Å². The molecule has 1 aromatic carbocycles. The topological polar surface area (TPSA) is 63.8 Å². The quantitative estimate of drug-likeness (QED) is 0.526. The lowest BCUT2D eigenvalue weighted by Gasteiger charge is -2.03. The number of aromatic amines is 1. The molecule has 0 saturated heterocycles. The molecule has 4 rings (SSSR count). The Morgan fingerprint density at radius 2 is 2.07 bits per heavy atom. The molecule has 0 saturated carbocycles. The summed E-state index contributed by atoms with van der Waals surface area (Å²) in [4.78, 5) is 15.5. The first-order valence-electron chi connectivity index (χ1n) is 8.38. The lowest BCUT2D eigenvalue weighted by molar-refractivity contribution is -0.137. The summed E-state index contributed by atoms with van der Waals surface area (Å²) in [6.45, 7) is 1.79. The van der Waals surface area contributed by atoms with Gasteiger partial charge in [-0.3, -0.25) is 4.68 Å². The number of alkyl halides is 3.